The van der Waals surface area contributed by atoms with Crippen LogP contribution in [0.25, 0.3) is 0 Å². The normalized spacial score (nSPS) is 26.0. The summed E-state index contributed by atoms with van der Waals surface area (Å²) in [4.78, 5) is 10.6. The van der Waals surface area contributed by atoms with Crippen molar-refractivity contribution in [3.8, 4) is 0 Å². The number of aliphatic hydroxyl groups is 1. The molecule has 0 aliphatic carbocycles. The zero-order valence-electron chi connectivity index (χ0n) is 15.6. The van der Waals surface area contributed by atoms with Crippen LogP contribution in [0.15, 0.2) is 16.0 Å². The van der Waals surface area contributed by atoms with Crippen LogP contribution in [0.4, 0.5) is 0 Å². The van der Waals surface area contributed by atoms with Crippen molar-refractivity contribution in [2.24, 2.45) is 5.92 Å². The van der Waals surface area contributed by atoms with Crippen LogP contribution < -0.4 is 0 Å². The number of likely N-dealkylation sites (tertiary alicyclic amines) is 2. The summed E-state index contributed by atoms with van der Waals surface area (Å²) in [6.45, 7) is 8.84. The Hall–Kier alpha value is -1.28. The number of hydrogen-bond acceptors (Lipinski definition) is 7. The Morgan fingerprint density at radius 2 is 2.08 bits per heavy atom. The van der Waals surface area contributed by atoms with Crippen LogP contribution in [0.3, 0.4) is 0 Å². The zero-order valence-corrected chi connectivity index (χ0v) is 16.4. The lowest BCUT2D eigenvalue weighted by atomic mass is 9.92. The van der Waals surface area contributed by atoms with Crippen molar-refractivity contribution in [3.05, 3.63) is 33.6 Å². The van der Waals surface area contributed by atoms with Gasteiger partial charge in [-0.3, -0.25) is 9.80 Å². The van der Waals surface area contributed by atoms with Gasteiger partial charge in [0.2, 0.25) is 5.89 Å². The third-order valence-electron chi connectivity index (χ3n) is 5.82. The van der Waals surface area contributed by atoms with E-state index in [2.05, 4.69) is 38.3 Å². The van der Waals surface area contributed by atoms with Crippen molar-refractivity contribution >= 4 is 11.3 Å². The molecule has 2 fully saturated rings. The molecule has 2 aromatic heterocycles. The number of aliphatic hydroxyl groups excluding tert-OH is 1. The Morgan fingerprint density at radius 1 is 1.27 bits per heavy atom. The predicted molar refractivity (Wildman–Crippen MR) is 101 cm³/mol. The van der Waals surface area contributed by atoms with Crippen molar-refractivity contribution in [3.63, 3.8) is 0 Å². The Balaban J connectivity index is 1.28. The molecule has 26 heavy (non-hydrogen) atoms. The van der Waals surface area contributed by atoms with E-state index in [9.17, 15) is 5.11 Å². The maximum atomic E-state index is 10.6. The van der Waals surface area contributed by atoms with Crippen LogP contribution in [-0.4, -0.2) is 63.4 Å². The van der Waals surface area contributed by atoms with E-state index in [1.54, 1.807) is 0 Å². The third kappa shape index (κ3) is 4.01. The number of β-amino-alcohol motifs (C(OH)–C–C–N with tert-alkyl or cyclic N) is 1. The third-order valence-corrected chi connectivity index (χ3v) is 6.83. The van der Waals surface area contributed by atoms with E-state index >= 15 is 0 Å². The standard InChI is InChI=1S/C19H28N4O2S/c1-13-5-8-26-18(13)12-22-10-16(17(24)11-22)23-6-3-15(4-7-23)9-19-20-14(2)21-25-19/h5,8,15-17,24H,3-4,6-7,9-12H2,1-2H3/t16-,17-/m1/s1. The highest BCUT2D eigenvalue weighted by atomic mass is 32.1. The van der Waals surface area contributed by atoms with Crippen LogP contribution in [0.2, 0.25) is 0 Å². The van der Waals surface area contributed by atoms with Gasteiger partial charge in [-0.15, -0.1) is 11.3 Å². The minimum Gasteiger partial charge on any atom is -0.390 e. The molecule has 6 nitrogen and oxygen atoms in total. The molecule has 2 atom stereocenters. The lowest BCUT2D eigenvalue weighted by molar-refractivity contribution is 0.0577. The minimum atomic E-state index is -0.245. The molecular formula is C19H28N4O2S. The van der Waals surface area contributed by atoms with E-state index in [0.29, 0.717) is 11.7 Å². The van der Waals surface area contributed by atoms with Crippen molar-refractivity contribution in [2.75, 3.05) is 26.2 Å². The van der Waals surface area contributed by atoms with Crippen molar-refractivity contribution in [1.82, 2.24) is 19.9 Å². The highest BCUT2D eigenvalue weighted by Crippen LogP contribution is 2.27. The van der Waals surface area contributed by atoms with Gasteiger partial charge in [0, 0.05) is 37.0 Å². The minimum absolute atomic E-state index is 0.245. The highest BCUT2D eigenvalue weighted by molar-refractivity contribution is 7.10. The lowest BCUT2D eigenvalue weighted by Crippen LogP contribution is -2.47. The lowest BCUT2D eigenvalue weighted by Gasteiger charge is -2.36. The van der Waals surface area contributed by atoms with Gasteiger partial charge in [0.25, 0.3) is 0 Å². The summed E-state index contributed by atoms with van der Waals surface area (Å²) in [5.74, 6) is 2.08. The summed E-state index contributed by atoms with van der Waals surface area (Å²) in [5, 5.41) is 16.6. The fourth-order valence-corrected chi connectivity index (χ4v) is 5.21. The van der Waals surface area contributed by atoms with E-state index in [0.717, 1.165) is 57.9 Å². The molecule has 4 heterocycles. The van der Waals surface area contributed by atoms with Gasteiger partial charge in [-0.2, -0.15) is 4.98 Å². The van der Waals surface area contributed by atoms with Crippen LogP contribution in [0, 0.1) is 19.8 Å². The fraction of sp³-hybridized carbons (Fsp3) is 0.684. The predicted octanol–water partition coefficient (Wildman–Crippen LogP) is 2.25. The average molecular weight is 377 g/mol. The van der Waals surface area contributed by atoms with Gasteiger partial charge in [-0.1, -0.05) is 5.16 Å². The van der Waals surface area contributed by atoms with Gasteiger partial charge in [-0.25, -0.2) is 0 Å². The van der Waals surface area contributed by atoms with Crippen LogP contribution in [-0.2, 0) is 13.0 Å². The number of hydrogen-bond donors (Lipinski definition) is 1. The van der Waals surface area contributed by atoms with Gasteiger partial charge >= 0.3 is 0 Å². The maximum Gasteiger partial charge on any atom is 0.226 e. The summed E-state index contributed by atoms with van der Waals surface area (Å²) in [5.41, 5.74) is 1.37. The molecule has 4 rings (SSSR count). The summed E-state index contributed by atoms with van der Waals surface area (Å²) in [6.07, 6.45) is 2.90. The van der Waals surface area contributed by atoms with Crippen molar-refractivity contribution < 1.29 is 9.63 Å². The van der Waals surface area contributed by atoms with Crippen molar-refractivity contribution in [2.45, 2.75) is 51.8 Å². The fourth-order valence-electron chi connectivity index (χ4n) is 4.26. The molecule has 1 N–H and O–H groups in total. The first kappa shape index (κ1) is 18.1. The van der Waals surface area contributed by atoms with Crippen LogP contribution >= 0.6 is 11.3 Å². The second-order valence-corrected chi connectivity index (χ2v) is 8.78. The van der Waals surface area contributed by atoms with Crippen LogP contribution in [0.1, 0.15) is 35.0 Å². The first-order valence-corrected chi connectivity index (χ1v) is 10.4. The molecule has 0 saturated carbocycles. The molecule has 0 aromatic carbocycles. The van der Waals surface area contributed by atoms with Gasteiger partial charge < -0.3 is 9.63 Å². The summed E-state index contributed by atoms with van der Waals surface area (Å²) < 4.78 is 5.26. The quantitative estimate of drug-likeness (QED) is 0.863. The maximum absolute atomic E-state index is 10.6. The Bertz CT molecular complexity index is 723. The Labute approximate surface area is 158 Å². The number of piperidine rings is 1. The topological polar surface area (TPSA) is 65.6 Å². The zero-order chi connectivity index (χ0) is 18.1. The molecular weight excluding hydrogens is 348 g/mol. The Kier molecular flexibility index (Phi) is 5.40. The molecule has 0 unspecified atom stereocenters. The number of nitrogens with zero attached hydrogens (tertiary/aromatic N) is 4. The second kappa shape index (κ2) is 7.76. The summed E-state index contributed by atoms with van der Waals surface area (Å²) in [7, 11) is 0. The van der Waals surface area contributed by atoms with E-state index in [1.807, 2.05) is 18.3 Å². The molecule has 2 aliphatic rings. The van der Waals surface area contributed by atoms with Gasteiger partial charge in [0.1, 0.15) is 0 Å². The number of aromatic nitrogens is 2. The molecule has 2 aliphatic heterocycles. The smallest absolute Gasteiger partial charge is 0.226 e. The first-order valence-electron chi connectivity index (χ1n) is 9.55. The summed E-state index contributed by atoms with van der Waals surface area (Å²) >= 11 is 1.82. The molecule has 0 radical (unpaired) electrons. The average Bonchev–Trinajstić information content (AvgIpc) is 3.31. The molecule has 7 heteroatoms. The van der Waals surface area contributed by atoms with Gasteiger partial charge in [-0.05, 0) is 62.7 Å². The number of thiophene rings is 1. The molecule has 0 bridgehead atoms. The first-order chi connectivity index (χ1) is 12.6. The number of aryl methyl sites for hydroxylation is 2. The van der Waals surface area contributed by atoms with E-state index < -0.39 is 0 Å². The molecule has 142 valence electrons. The van der Waals surface area contributed by atoms with Crippen LogP contribution in [0.5, 0.6) is 0 Å². The Morgan fingerprint density at radius 3 is 2.73 bits per heavy atom. The summed E-state index contributed by atoms with van der Waals surface area (Å²) in [6, 6.07) is 2.45. The molecule has 2 aromatic rings. The van der Waals surface area contributed by atoms with Gasteiger partial charge in [0.05, 0.1) is 6.10 Å². The molecule has 2 saturated heterocycles. The molecule has 0 amide bonds. The monoisotopic (exact) mass is 376 g/mol. The van der Waals surface area contributed by atoms with E-state index in [4.69, 9.17) is 4.52 Å². The van der Waals surface area contributed by atoms with Crippen molar-refractivity contribution in [1.29, 1.82) is 0 Å². The largest absolute Gasteiger partial charge is 0.390 e. The van der Waals surface area contributed by atoms with Gasteiger partial charge in [0.15, 0.2) is 5.82 Å². The SMILES string of the molecule is Cc1noc(CC2CCN([C@@H]3CN(Cc4sccc4C)C[C@H]3O)CC2)n1. The number of rotatable bonds is 5. The highest BCUT2D eigenvalue weighted by Gasteiger charge is 2.37. The molecule has 0 spiro atoms. The van der Waals surface area contributed by atoms with E-state index in [-0.39, 0.29) is 12.1 Å². The van der Waals surface area contributed by atoms with E-state index in [1.165, 1.54) is 10.4 Å². The second-order valence-electron chi connectivity index (χ2n) is 7.77.